The van der Waals surface area contributed by atoms with Crippen molar-refractivity contribution < 1.29 is 9.47 Å². The number of benzene rings is 1. The zero-order chi connectivity index (χ0) is 19.6. The average molecular weight is 537 g/mol. The smallest absolute Gasteiger partial charge is 0.191 e. The highest BCUT2D eigenvalue weighted by atomic mass is 127. The number of nitrogens with zero attached hydrogens (tertiary/aromatic N) is 2. The van der Waals surface area contributed by atoms with E-state index in [1.807, 2.05) is 19.2 Å². The van der Waals surface area contributed by atoms with Crippen LogP contribution < -0.4 is 10.6 Å². The van der Waals surface area contributed by atoms with Gasteiger partial charge in [0.25, 0.3) is 0 Å². The molecule has 29 heavy (non-hydrogen) atoms. The van der Waals surface area contributed by atoms with Gasteiger partial charge in [-0.25, -0.2) is 0 Å². The topological polar surface area (TPSA) is 58.1 Å². The Morgan fingerprint density at radius 2 is 2.00 bits per heavy atom. The minimum absolute atomic E-state index is 0. The molecule has 2 aliphatic rings. The minimum atomic E-state index is 0. The van der Waals surface area contributed by atoms with E-state index in [0.717, 1.165) is 69.5 Å². The molecule has 2 saturated heterocycles. The van der Waals surface area contributed by atoms with Gasteiger partial charge in [-0.15, -0.1) is 24.0 Å². The maximum Gasteiger partial charge on any atom is 0.191 e. The second-order valence-corrected chi connectivity index (χ2v) is 7.97. The van der Waals surface area contributed by atoms with Crippen LogP contribution in [0.2, 0.25) is 5.02 Å². The van der Waals surface area contributed by atoms with Gasteiger partial charge in [0.1, 0.15) is 0 Å². The molecule has 0 aromatic heterocycles. The highest BCUT2D eigenvalue weighted by molar-refractivity contribution is 14.0. The second kappa shape index (κ2) is 13.6. The molecule has 2 aliphatic heterocycles. The molecule has 164 valence electrons. The maximum atomic E-state index is 5.97. The lowest BCUT2D eigenvalue weighted by atomic mass is 10.0. The molecule has 1 unspecified atom stereocenters. The molecule has 2 N–H and O–H groups in total. The lowest BCUT2D eigenvalue weighted by Crippen LogP contribution is -2.49. The van der Waals surface area contributed by atoms with E-state index < -0.39 is 0 Å². The molecule has 2 fully saturated rings. The number of ether oxygens (including phenoxy) is 2. The van der Waals surface area contributed by atoms with E-state index in [1.165, 1.54) is 5.56 Å². The van der Waals surface area contributed by atoms with Crippen molar-refractivity contribution in [2.24, 2.45) is 4.99 Å². The van der Waals surface area contributed by atoms with Crippen LogP contribution in [0.4, 0.5) is 0 Å². The van der Waals surface area contributed by atoms with E-state index in [1.54, 1.807) is 0 Å². The molecule has 0 radical (unpaired) electrons. The second-order valence-electron chi connectivity index (χ2n) is 7.53. The van der Waals surface area contributed by atoms with Crippen LogP contribution in [0, 0.1) is 0 Å². The Kier molecular flexibility index (Phi) is 11.6. The van der Waals surface area contributed by atoms with Crippen molar-refractivity contribution in [1.29, 1.82) is 0 Å². The number of rotatable bonds is 8. The van der Waals surface area contributed by atoms with Crippen molar-refractivity contribution in [3.8, 4) is 0 Å². The van der Waals surface area contributed by atoms with Crippen molar-refractivity contribution in [1.82, 2.24) is 15.5 Å². The van der Waals surface area contributed by atoms with E-state index >= 15 is 0 Å². The standard InChI is InChI=1S/C21H33ClN4O2.HI/c1-23-21(24-10-14-27-16-20-3-2-13-28-20)25-19-8-11-26(12-9-19)15-17-4-6-18(22)7-5-17;/h4-7,19-20H,2-3,8-16H2,1H3,(H2,23,24,25);1H. The van der Waals surface area contributed by atoms with Crippen molar-refractivity contribution in [3.63, 3.8) is 0 Å². The Labute approximate surface area is 196 Å². The Morgan fingerprint density at radius 3 is 2.66 bits per heavy atom. The van der Waals surface area contributed by atoms with Gasteiger partial charge in [0.05, 0.1) is 19.3 Å². The Bertz CT molecular complexity index is 603. The highest BCUT2D eigenvalue weighted by Crippen LogP contribution is 2.16. The Hall–Kier alpha value is -0.610. The first-order chi connectivity index (χ1) is 13.7. The summed E-state index contributed by atoms with van der Waals surface area (Å²) in [4.78, 5) is 6.84. The van der Waals surface area contributed by atoms with Gasteiger partial charge in [-0.05, 0) is 43.4 Å². The number of guanidine groups is 1. The molecular formula is C21H34ClIN4O2. The first-order valence-electron chi connectivity index (χ1n) is 10.4. The molecule has 0 amide bonds. The number of nitrogens with one attached hydrogen (secondary N) is 2. The van der Waals surface area contributed by atoms with E-state index in [0.29, 0.717) is 19.3 Å². The maximum absolute atomic E-state index is 5.97. The minimum Gasteiger partial charge on any atom is -0.377 e. The molecule has 6 nitrogen and oxygen atoms in total. The van der Waals surface area contributed by atoms with Crippen molar-refractivity contribution in [2.45, 2.75) is 44.4 Å². The summed E-state index contributed by atoms with van der Waals surface area (Å²) in [6.07, 6.45) is 4.79. The van der Waals surface area contributed by atoms with Crippen molar-refractivity contribution in [2.75, 3.05) is 46.5 Å². The summed E-state index contributed by atoms with van der Waals surface area (Å²) in [5.74, 6) is 0.858. The largest absolute Gasteiger partial charge is 0.377 e. The molecule has 1 aromatic carbocycles. The number of hydrogen-bond acceptors (Lipinski definition) is 4. The quantitative estimate of drug-likeness (QED) is 0.231. The van der Waals surface area contributed by atoms with Crippen LogP contribution >= 0.6 is 35.6 Å². The van der Waals surface area contributed by atoms with Gasteiger partial charge in [-0.3, -0.25) is 9.89 Å². The first kappa shape index (κ1) is 24.7. The van der Waals surface area contributed by atoms with Crippen LogP contribution in [0.1, 0.15) is 31.2 Å². The first-order valence-corrected chi connectivity index (χ1v) is 10.7. The predicted octanol–water partition coefficient (Wildman–Crippen LogP) is 3.28. The fourth-order valence-electron chi connectivity index (χ4n) is 3.70. The lowest BCUT2D eigenvalue weighted by molar-refractivity contribution is 0.0191. The SMILES string of the molecule is CN=C(NCCOCC1CCCO1)NC1CCN(Cc2ccc(Cl)cc2)CC1.I. The highest BCUT2D eigenvalue weighted by Gasteiger charge is 2.20. The summed E-state index contributed by atoms with van der Waals surface area (Å²) < 4.78 is 11.3. The van der Waals surface area contributed by atoms with Gasteiger partial charge in [0.2, 0.25) is 0 Å². The average Bonchev–Trinajstić information content (AvgIpc) is 3.23. The lowest BCUT2D eigenvalue weighted by Gasteiger charge is -2.33. The molecular weight excluding hydrogens is 503 g/mol. The number of hydrogen-bond donors (Lipinski definition) is 2. The number of aliphatic imine (C=N–C) groups is 1. The van der Waals surface area contributed by atoms with Gasteiger partial charge in [-0.2, -0.15) is 0 Å². The molecule has 1 atom stereocenters. The van der Waals surface area contributed by atoms with Crippen LogP contribution in [0.5, 0.6) is 0 Å². The van der Waals surface area contributed by atoms with E-state index in [4.69, 9.17) is 21.1 Å². The van der Waals surface area contributed by atoms with Crippen LogP contribution in [0.3, 0.4) is 0 Å². The van der Waals surface area contributed by atoms with Crippen LogP contribution in [0.15, 0.2) is 29.3 Å². The molecule has 8 heteroatoms. The van der Waals surface area contributed by atoms with E-state index in [9.17, 15) is 0 Å². The van der Waals surface area contributed by atoms with Crippen LogP contribution in [-0.4, -0.2) is 69.5 Å². The summed E-state index contributed by atoms with van der Waals surface area (Å²) in [5.41, 5.74) is 1.32. The molecule has 2 heterocycles. The van der Waals surface area contributed by atoms with Crippen LogP contribution in [0.25, 0.3) is 0 Å². The van der Waals surface area contributed by atoms with Gasteiger partial charge < -0.3 is 20.1 Å². The third-order valence-electron chi connectivity index (χ3n) is 5.34. The van der Waals surface area contributed by atoms with E-state index in [2.05, 4.69) is 32.7 Å². The molecule has 0 bridgehead atoms. The third kappa shape index (κ3) is 8.96. The normalized spacial score (nSPS) is 21.0. The third-order valence-corrected chi connectivity index (χ3v) is 5.59. The predicted molar refractivity (Wildman–Crippen MR) is 129 cm³/mol. The number of halogens is 2. The fourth-order valence-corrected chi connectivity index (χ4v) is 3.83. The zero-order valence-electron chi connectivity index (χ0n) is 17.2. The zero-order valence-corrected chi connectivity index (χ0v) is 20.3. The van der Waals surface area contributed by atoms with Crippen LogP contribution in [-0.2, 0) is 16.0 Å². The van der Waals surface area contributed by atoms with Gasteiger partial charge in [-0.1, -0.05) is 23.7 Å². The number of likely N-dealkylation sites (tertiary alicyclic amines) is 1. The Balaban J connectivity index is 0.00000300. The molecule has 0 aliphatic carbocycles. The summed E-state index contributed by atoms with van der Waals surface area (Å²) in [5, 5.41) is 7.68. The van der Waals surface area contributed by atoms with Gasteiger partial charge in [0.15, 0.2) is 5.96 Å². The molecule has 1 aromatic rings. The monoisotopic (exact) mass is 536 g/mol. The molecule has 3 rings (SSSR count). The van der Waals surface area contributed by atoms with Gasteiger partial charge in [0, 0.05) is 50.9 Å². The summed E-state index contributed by atoms with van der Waals surface area (Å²) in [6.45, 7) is 6.14. The van der Waals surface area contributed by atoms with Crippen molar-refractivity contribution in [3.05, 3.63) is 34.9 Å². The molecule has 0 spiro atoms. The Morgan fingerprint density at radius 1 is 1.24 bits per heavy atom. The summed E-state index contributed by atoms with van der Waals surface area (Å²) >= 11 is 5.97. The van der Waals surface area contributed by atoms with Crippen molar-refractivity contribution >= 4 is 41.5 Å². The van der Waals surface area contributed by atoms with Gasteiger partial charge >= 0.3 is 0 Å². The summed E-state index contributed by atoms with van der Waals surface area (Å²) in [6, 6.07) is 8.61. The summed E-state index contributed by atoms with van der Waals surface area (Å²) in [7, 11) is 1.82. The number of piperidine rings is 1. The van der Waals surface area contributed by atoms with E-state index in [-0.39, 0.29) is 30.1 Å². The fraction of sp³-hybridized carbons (Fsp3) is 0.667. The molecule has 0 saturated carbocycles.